The Labute approximate surface area is 141 Å². The summed E-state index contributed by atoms with van der Waals surface area (Å²) < 4.78 is 6.01. The summed E-state index contributed by atoms with van der Waals surface area (Å²) >= 11 is 0. The van der Waals surface area contributed by atoms with Crippen LogP contribution in [-0.2, 0) is 14.9 Å². The van der Waals surface area contributed by atoms with E-state index in [2.05, 4.69) is 51.1 Å². The summed E-state index contributed by atoms with van der Waals surface area (Å²) in [6.45, 7) is 12.6. The van der Waals surface area contributed by atoms with Crippen molar-refractivity contribution in [3.8, 4) is 0 Å². The quantitative estimate of drug-likeness (QED) is 0.702. The fourth-order valence-corrected chi connectivity index (χ4v) is 3.68. The van der Waals surface area contributed by atoms with Crippen LogP contribution in [0, 0.1) is 17.3 Å². The van der Waals surface area contributed by atoms with Crippen molar-refractivity contribution in [1.82, 2.24) is 0 Å². The van der Waals surface area contributed by atoms with E-state index in [-0.39, 0.29) is 17.5 Å². The molecule has 1 aromatic rings. The Bertz CT molecular complexity index is 525. The Morgan fingerprint density at radius 2 is 1.65 bits per heavy atom. The molecule has 23 heavy (non-hydrogen) atoms. The molecule has 0 aromatic heterocycles. The zero-order valence-corrected chi connectivity index (χ0v) is 15.6. The lowest BCUT2D eigenvalue weighted by atomic mass is 9.64. The number of ether oxygens (including phenoxy) is 1. The molecule has 1 fully saturated rings. The van der Waals surface area contributed by atoms with Crippen molar-refractivity contribution < 1.29 is 9.53 Å². The van der Waals surface area contributed by atoms with Gasteiger partial charge in [0.15, 0.2) is 0 Å². The van der Waals surface area contributed by atoms with Crippen molar-refractivity contribution in [2.45, 2.75) is 72.3 Å². The summed E-state index contributed by atoms with van der Waals surface area (Å²) in [4.78, 5) is 12.4. The molecule has 0 radical (unpaired) electrons. The third-order valence-electron chi connectivity index (χ3n) is 5.37. The van der Waals surface area contributed by atoms with Gasteiger partial charge in [0.2, 0.25) is 0 Å². The van der Waals surface area contributed by atoms with Crippen LogP contribution in [0.5, 0.6) is 0 Å². The minimum Gasteiger partial charge on any atom is -0.462 e. The molecule has 128 valence electrons. The molecule has 1 aromatic carbocycles. The van der Waals surface area contributed by atoms with Crippen molar-refractivity contribution in [1.29, 1.82) is 0 Å². The van der Waals surface area contributed by atoms with Crippen molar-refractivity contribution in [2.24, 2.45) is 17.3 Å². The van der Waals surface area contributed by atoms with Crippen LogP contribution in [0.2, 0.25) is 0 Å². The minimum atomic E-state index is -0.442. The Hall–Kier alpha value is -1.31. The molecule has 2 nitrogen and oxygen atoms in total. The molecule has 0 saturated heterocycles. The standard InChI is InChI=1S/C21H32O2/c1-15-12-13-17(18(14-15)23-19(22)20(2,3)4)21(5,6)16-10-8-7-9-11-16/h7-11,15,17-18H,12-14H2,1-6H3/t15-,17?,18?/m1/s1. The van der Waals surface area contributed by atoms with Gasteiger partial charge in [-0.05, 0) is 50.5 Å². The second-order valence-electron chi connectivity index (χ2n) is 8.81. The normalized spacial score (nSPS) is 25.9. The van der Waals surface area contributed by atoms with E-state index in [1.165, 1.54) is 12.0 Å². The van der Waals surface area contributed by atoms with Crippen LogP contribution in [-0.4, -0.2) is 12.1 Å². The molecule has 1 aliphatic carbocycles. The number of esters is 1. The predicted molar refractivity (Wildman–Crippen MR) is 95.3 cm³/mol. The fourth-order valence-electron chi connectivity index (χ4n) is 3.68. The van der Waals surface area contributed by atoms with Crippen molar-refractivity contribution in [3.63, 3.8) is 0 Å². The van der Waals surface area contributed by atoms with Crippen LogP contribution < -0.4 is 0 Å². The van der Waals surface area contributed by atoms with Crippen molar-refractivity contribution in [2.75, 3.05) is 0 Å². The van der Waals surface area contributed by atoms with E-state index in [4.69, 9.17) is 4.74 Å². The lowest BCUT2D eigenvalue weighted by molar-refractivity contribution is -0.166. The molecular formula is C21H32O2. The highest BCUT2D eigenvalue weighted by molar-refractivity contribution is 5.75. The number of rotatable bonds is 3. The molecular weight excluding hydrogens is 284 g/mol. The van der Waals surface area contributed by atoms with Crippen LogP contribution in [0.15, 0.2) is 30.3 Å². The highest BCUT2D eigenvalue weighted by Gasteiger charge is 2.42. The molecule has 2 heteroatoms. The summed E-state index contributed by atoms with van der Waals surface area (Å²) in [5.74, 6) is 0.911. The number of carbonyl (C=O) groups is 1. The first kappa shape index (κ1) is 18.0. The molecule has 1 aliphatic rings. The van der Waals surface area contributed by atoms with Crippen molar-refractivity contribution >= 4 is 5.97 Å². The second-order valence-corrected chi connectivity index (χ2v) is 8.81. The van der Waals surface area contributed by atoms with Gasteiger partial charge < -0.3 is 4.74 Å². The highest BCUT2D eigenvalue weighted by Crippen LogP contribution is 2.44. The molecule has 2 unspecified atom stereocenters. The number of hydrogen-bond acceptors (Lipinski definition) is 2. The molecule has 0 aliphatic heterocycles. The summed E-state index contributed by atoms with van der Waals surface area (Å²) in [5.41, 5.74) is 0.892. The largest absolute Gasteiger partial charge is 0.462 e. The zero-order valence-electron chi connectivity index (χ0n) is 15.6. The molecule has 1 saturated carbocycles. The Kier molecular flexibility index (Phi) is 5.23. The third-order valence-corrected chi connectivity index (χ3v) is 5.37. The lowest BCUT2D eigenvalue weighted by Crippen LogP contribution is -2.44. The van der Waals surface area contributed by atoms with Crippen LogP contribution in [0.4, 0.5) is 0 Å². The van der Waals surface area contributed by atoms with E-state index in [0.29, 0.717) is 11.8 Å². The predicted octanol–water partition coefficient (Wildman–Crippen LogP) is 5.36. The zero-order chi connectivity index (χ0) is 17.3. The van der Waals surface area contributed by atoms with E-state index in [9.17, 15) is 4.79 Å². The Morgan fingerprint density at radius 3 is 2.22 bits per heavy atom. The van der Waals surface area contributed by atoms with Gasteiger partial charge in [0.05, 0.1) is 5.41 Å². The highest BCUT2D eigenvalue weighted by atomic mass is 16.5. The van der Waals surface area contributed by atoms with E-state index < -0.39 is 5.41 Å². The average molecular weight is 316 g/mol. The Balaban J connectivity index is 2.25. The van der Waals surface area contributed by atoms with Gasteiger partial charge in [-0.3, -0.25) is 4.79 Å². The maximum atomic E-state index is 12.4. The maximum absolute atomic E-state index is 12.4. The Morgan fingerprint density at radius 1 is 1.04 bits per heavy atom. The summed E-state index contributed by atoms with van der Waals surface area (Å²) in [6, 6.07) is 10.6. The first-order chi connectivity index (χ1) is 10.6. The second kappa shape index (κ2) is 6.67. The van der Waals surface area contributed by atoms with Gasteiger partial charge in [-0.2, -0.15) is 0 Å². The summed E-state index contributed by atoms with van der Waals surface area (Å²) in [5, 5.41) is 0. The van der Waals surface area contributed by atoms with Gasteiger partial charge in [-0.15, -0.1) is 0 Å². The average Bonchev–Trinajstić information content (AvgIpc) is 2.47. The molecule has 0 heterocycles. The number of benzene rings is 1. The van der Waals surface area contributed by atoms with E-state index in [0.717, 1.165) is 12.8 Å². The summed E-state index contributed by atoms with van der Waals surface area (Å²) in [6.07, 6.45) is 3.32. The van der Waals surface area contributed by atoms with E-state index in [1.807, 2.05) is 20.8 Å². The molecule has 0 N–H and O–H groups in total. The van der Waals surface area contributed by atoms with Crippen LogP contribution in [0.25, 0.3) is 0 Å². The van der Waals surface area contributed by atoms with E-state index in [1.54, 1.807) is 0 Å². The van der Waals surface area contributed by atoms with E-state index >= 15 is 0 Å². The molecule has 3 atom stereocenters. The van der Waals surface area contributed by atoms with Gasteiger partial charge in [0.1, 0.15) is 6.10 Å². The lowest BCUT2D eigenvalue weighted by Gasteiger charge is -2.44. The van der Waals surface area contributed by atoms with Crippen molar-refractivity contribution in [3.05, 3.63) is 35.9 Å². The molecule has 2 rings (SSSR count). The fraction of sp³-hybridized carbons (Fsp3) is 0.667. The number of carbonyl (C=O) groups excluding carboxylic acids is 1. The van der Waals surface area contributed by atoms with Gasteiger partial charge in [-0.25, -0.2) is 0 Å². The summed E-state index contributed by atoms with van der Waals surface area (Å²) in [7, 11) is 0. The van der Waals surface area contributed by atoms with Crippen LogP contribution >= 0.6 is 0 Å². The SMILES string of the molecule is C[C@@H]1CCC(C(C)(C)c2ccccc2)C(OC(=O)C(C)(C)C)C1. The van der Waals surface area contributed by atoms with Gasteiger partial charge in [0.25, 0.3) is 0 Å². The third kappa shape index (κ3) is 4.16. The van der Waals surface area contributed by atoms with Gasteiger partial charge in [-0.1, -0.05) is 57.5 Å². The maximum Gasteiger partial charge on any atom is 0.311 e. The topological polar surface area (TPSA) is 26.3 Å². The van der Waals surface area contributed by atoms with Gasteiger partial charge >= 0.3 is 5.97 Å². The molecule has 0 amide bonds. The molecule has 0 spiro atoms. The monoisotopic (exact) mass is 316 g/mol. The smallest absolute Gasteiger partial charge is 0.311 e. The van der Waals surface area contributed by atoms with Crippen LogP contribution in [0.1, 0.15) is 66.4 Å². The first-order valence-corrected chi connectivity index (χ1v) is 8.89. The van der Waals surface area contributed by atoms with Crippen LogP contribution in [0.3, 0.4) is 0 Å². The first-order valence-electron chi connectivity index (χ1n) is 8.89. The van der Waals surface area contributed by atoms with Gasteiger partial charge in [0, 0.05) is 5.92 Å². The number of hydrogen-bond donors (Lipinski definition) is 0. The minimum absolute atomic E-state index is 0.00420. The molecule has 0 bridgehead atoms.